The number of nitrogens with zero attached hydrogens (tertiary/aromatic N) is 1. The molecule has 0 unspecified atom stereocenters. The van der Waals surface area contributed by atoms with Crippen molar-refractivity contribution in [2.24, 2.45) is 0 Å². The van der Waals surface area contributed by atoms with Crippen LogP contribution in [0, 0.1) is 0 Å². The average Bonchev–Trinajstić information content (AvgIpc) is 2.11. The van der Waals surface area contributed by atoms with Crippen LogP contribution < -0.4 is 0 Å². The first-order valence-electron chi connectivity index (χ1n) is 3.50. The fourth-order valence-electron chi connectivity index (χ4n) is 1.65. The molecule has 10 heavy (non-hydrogen) atoms. The van der Waals surface area contributed by atoms with Crippen LogP contribution in [-0.2, 0) is 6.54 Å². The molecule has 1 aliphatic rings. The van der Waals surface area contributed by atoms with E-state index in [4.69, 9.17) is 0 Å². The van der Waals surface area contributed by atoms with Crippen molar-refractivity contribution in [1.29, 1.82) is 0 Å². The lowest BCUT2D eigenvalue weighted by Crippen LogP contribution is -1.96. The predicted octanol–water partition coefficient (Wildman–Crippen LogP) is 2.00. The van der Waals surface area contributed by atoms with Gasteiger partial charge in [0, 0.05) is 18.9 Å². The Hall–Kier alpha value is -1.24. The molecule has 0 radical (unpaired) electrons. The van der Waals surface area contributed by atoms with E-state index in [1.165, 1.54) is 16.3 Å². The molecule has 2 aromatic rings. The van der Waals surface area contributed by atoms with Crippen LogP contribution in [0.3, 0.4) is 0 Å². The lowest BCUT2D eigenvalue weighted by atomic mass is 10.1. The van der Waals surface area contributed by atoms with Crippen molar-refractivity contribution in [3.63, 3.8) is 0 Å². The van der Waals surface area contributed by atoms with Gasteiger partial charge in [-0.05, 0) is 22.4 Å². The van der Waals surface area contributed by atoms with E-state index in [1.54, 1.807) is 0 Å². The van der Waals surface area contributed by atoms with E-state index < -0.39 is 0 Å². The van der Waals surface area contributed by atoms with Crippen LogP contribution in [0.1, 0.15) is 5.56 Å². The topological polar surface area (TPSA) is 4.93 Å². The van der Waals surface area contributed by atoms with Gasteiger partial charge in [-0.2, -0.15) is 0 Å². The third kappa shape index (κ3) is 0.397. The van der Waals surface area contributed by atoms with Crippen molar-refractivity contribution in [1.82, 2.24) is 4.57 Å². The van der Waals surface area contributed by atoms with Gasteiger partial charge in [-0.15, -0.1) is 0 Å². The van der Waals surface area contributed by atoms with E-state index in [2.05, 4.69) is 35.2 Å². The van der Waals surface area contributed by atoms with Crippen molar-refractivity contribution in [3.8, 4) is 0 Å². The molecule has 0 spiro atoms. The number of hydrogen-bond donors (Lipinski definition) is 0. The van der Waals surface area contributed by atoms with E-state index in [0.29, 0.717) is 0 Å². The molecule has 3 bridgehead atoms. The predicted molar refractivity (Wildman–Crippen MR) is 41.0 cm³/mol. The van der Waals surface area contributed by atoms with Crippen LogP contribution in [0.15, 0.2) is 30.6 Å². The van der Waals surface area contributed by atoms with E-state index >= 15 is 0 Å². The normalized spacial score (nSPS) is 13.6. The SMILES string of the molecule is c1cc2cn3cc2cc1C3. The van der Waals surface area contributed by atoms with E-state index in [0.717, 1.165) is 6.54 Å². The largest absolute Gasteiger partial charge is 0.349 e. The summed E-state index contributed by atoms with van der Waals surface area (Å²) in [5.41, 5.74) is 1.43. The molecule has 0 saturated heterocycles. The minimum atomic E-state index is 1.06. The fraction of sp³-hybridized carbons (Fsp3) is 0.111. The molecule has 1 aliphatic heterocycles. The fourth-order valence-corrected chi connectivity index (χ4v) is 1.65. The molecule has 0 atom stereocenters. The van der Waals surface area contributed by atoms with Crippen molar-refractivity contribution >= 4 is 10.8 Å². The zero-order chi connectivity index (χ0) is 6.55. The number of fused-ring (bicyclic) bond motifs is 2. The van der Waals surface area contributed by atoms with Crippen molar-refractivity contribution < 1.29 is 0 Å². The Balaban J connectivity index is 2.71. The van der Waals surface area contributed by atoms with Crippen molar-refractivity contribution in [2.75, 3.05) is 0 Å². The molecular weight excluding hydrogens is 122 g/mol. The molecule has 0 amide bonds. The summed E-state index contributed by atoms with van der Waals surface area (Å²) in [7, 11) is 0. The summed E-state index contributed by atoms with van der Waals surface area (Å²) < 4.78 is 2.24. The first-order valence-corrected chi connectivity index (χ1v) is 3.50. The molecule has 48 valence electrons. The minimum absolute atomic E-state index is 1.06. The second-order valence-corrected chi connectivity index (χ2v) is 2.89. The van der Waals surface area contributed by atoms with Gasteiger partial charge in [0.1, 0.15) is 0 Å². The van der Waals surface area contributed by atoms with E-state index in [1.807, 2.05) is 0 Å². The summed E-state index contributed by atoms with van der Waals surface area (Å²) in [6.07, 6.45) is 4.39. The van der Waals surface area contributed by atoms with Crippen LogP contribution >= 0.6 is 0 Å². The van der Waals surface area contributed by atoms with Crippen LogP contribution in [0.5, 0.6) is 0 Å². The molecule has 1 aromatic heterocycles. The number of rotatable bonds is 0. The monoisotopic (exact) mass is 129 g/mol. The smallest absolute Gasteiger partial charge is 0.0470 e. The summed E-state index contributed by atoms with van der Waals surface area (Å²) in [5.74, 6) is 0. The zero-order valence-corrected chi connectivity index (χ0v) is 5.54. The molecule has 1 heteroatoms. The maximum absolute atomic E-state index is 2.26. The molecule has 0 fully saturated rings. The Labute approximate surface area is 58.9 Å². The summed E-state index contributed by atoms with van der Waals surface area (Å²) in [6.45, 7) is 1.06. The summed E-state index contributed by atoms with van der Waals surface area (Å²) >= 11 is 0. The highest BCUT2D eigenvalue weighted by Crippen LogP contribution is 2.22. The molecule has 1 nitrogen and oxygen atoms in total. The molecule has 2 heterocycles. The van der Waals surface area contributed by atoms with Gasteiger partial charge in [-0.1, -0.05) is 12.1 Å². The van der Waals surface area contributed by atoms with Crippen LogP contribution in [-0.4, -0.2) is 4.57 Å². The zero-order valence-electron chi connectivity index (χ0n) is 5.54. The number of aromatic nitrogens is 1. The Morgan fingerprint density at radius 2 is 2.00 bits per heavy atom. The maximum atomic E-state index is 2.26. The Kier molecular flexibility index (Phi) is 0.575. The molecule has 0 saturated carbocycles. The van der Waals surface area contributed by atoms with Gasteiger partial charge in [0.05, 0.1) is 0 Å². The molecular formula is C9H7N. The summed E-state index contributed by atoms with van der Waals surface area (Å²) in [5, 5.41) is 2.74. The van der Waals surface area contributed by atoms with E-state index in [9.17, 15) is 0 Å². The third-order valence-corrected chi connectivity index (χ3v) is 2.13. The van der Waals surface area contributed by atoms with Gasteiger partial charge >= 0.3 is 0 Å². The molecule has 3 rings (SSSR count). The van der Waals surface area contributed by atoms with Crippen LogP contribution in [0.2, 0.25) is 0 Å². The number of benzene rings is 1. The van der Waals surface area contributed by atoms with Crippen LogP contribution in [0.25, 0.3) is 10.8 Å². The molecule has 1 aromatic carbocycles. The maximum Gasteiger partial charge on any atom is 0.0470 e. The number of hydrogen-bond acceptors (Lipinski definition) is 0. The summed E-state index contributed by atoms with van der Waals surface area (Å²) in [4.78, 5) is 0. The van der Waals surface area contributed by atoms with Crippen molar-refractivity contribution in [2.45, 2.75) is 6.54 Å². The standard InChI is InChI=1S/C9H7N/c1-2-8-5-10-4-7(1)3-9(8)6-10/h1-3,5-6H,4H2. The lowest BCUT2D eigenvalue weighted by Gasteiger charge is -2.04. The lowest BCUT2D eigenvalue weighted by molar-refractivity contribution is 0.807. The first kappa shape index (κ1) is 4.56. The quantitative estimate of drug-likeness (QED) is 0.437. The Bertz CT molecular complexity index is 385. The Morgan fingerprint density at radius 3 is 3.00 bits per heavy atom. The molecule has 0 N–H and O–H groups in total. The van der Waals surface area contributed by atoms with Crippen molar-refractivity contribution in [3.05, 3.63) is 36.2 Å². The van der Waals surface area contributed by atoms with E-state index in [-0.39, 0.29) is 0 Å². The van der Waals surface area contributed by atoms with Gasteiger partial charge in [0.15, 0.2) is 0 Å². The third-order valence-electron chi connectivity index (χ3n) is 2.13. The Morgan fingerprint density at radius 1 is 1.10 bits per heavy atom. The van der Waals surface area contributed by atoms with Crippen LogP contribution in [0.4, 0.5) is 0 Å². The second-order valence-electron chi connectivity index (χ2n) is 2.89. The minimum Gasteiger partial charge on any atom is -0.349 e. The second kappa shape index (κ2) is 1.26. The molecule has 0 aliphatic carbocycles. The van der Waals surface area contributed by atoms with Gasteiger partial charge in [-0.25, -0.2) is 0 Å². The first-order chi connectivity index (χ1) is 4.92. The average molecular weight is 129 g/mol. The highest BCUT2D eigenvalue weighted by Gasteiger charge is 2.05. The van der Waals surface area contributed by atoms with Gasteiger partial charge < -0.3 is 4.57 Å². The highest BCUT2D eigenvalue weighted by atomic mass is 14.9. The summed E-state index contributed by atoms with van der Waals surface area (Å²) in [6, 6.07) is 6.64. The highest BCUT2D eigenvalue weighted by molar-refractivity contribution is 5.84. The van der Waals surface area contributed by atoms with Gasteiger partial charge in [0.2, 0.25) is 0 Å². The van der Waals surface area contributed by atoms with Gasteiger partial charge in [0.25, 0.3) is 0 Å². The van der Waals surface area contributed by atoms with Gasteiger partial charge in [-0.3, -0.25) is 0 Å².